The van der Waals surface area contributed by atoms with Crippen molar-refractivity contribution in [1.82, 2.24) is 9.88 Å². The quantitative estimate of drug-likeness (QED) is 0.812. The van der Waals surface area contributed by atoms with Gasteiger partial charge >= 0.3 is 0 Å². The molecule has 4 nitrogen and oxygen atoms in total. The lowest BCUT2D eigenvalue weighted by molar-refractivity contribution is -0.110. The first-order chi connectivity index (χ1) is 11.9. The van der Waals surface area contributed by atoms with Gasteiger partial charge in [0.15, 0.2) is 0 Å². The number of aryl methyl sites for hydroxylation is 2. The summed E-state index contributed by atoms with van der Waals surface area (Å²) in [7, 11) is 4.20. The maximum absolute atomic E-state index is 12.4. The second-order valence-corrected chi connectivity index (χ2v) is 7.24. The molecule has 2 aromatic rings. The average molecular weight is 337 g/mol. The van der Waals surface area contributed by atoms with Gasteiger partial charge in [-0.05, 0) is 83.6 Å². The minimum Gasteiger partial charge on any atom is -0.359 e. The van der Waals surface area contributed by atoms with Crippen LogP contribution in [0.4, 0.5) is 5.69 Å². The number of aromatic nitrogens is 1. The number of rotatable bonds is 5. The van der Waals surface area contributed by atoms with Gasteiger partial charge in [-0.2, -0.15) is 0 Å². The second kappa shape index (κ2) is 6.89. The number of nitrogens with zero attached hydrogens (tertiary/aromatic N) is 1. The number of aromatic amines is 1. The molecule has 0 aliphatic carbocycles. The van der Waals surface area contributed by atoms with Crippen LogP contribution in [-0.2, 0) is 11.2 Å². The van der Waals surface area contributed by atoms with Crippen LogP contribution in [0.15, 0.2) is 18.2 Å². The highest BCUT2D eigenvalue weighted by Gasteiger charge is 2.24. The number of carbonyl (C=O) groups is 1. The van der Waals surface area contributed by atoms with Crippen molar-refractivity contribution in [2.75, 3.05) is 26.0 Å². The Morgan fingerprint density at radius 3 is 2.64 bits per heavy atom. The molecule has 3 rings (SSSR count). The zero-order chi connectivity index (χ0) is 18.1. The van der Waals surface area contributed by atoms with E-state index < -0.39 is 0 Å². The molecule has 25 heavy (non-hydrogen) atoms. The van der Waals surface area contributed by atoms with Gasteiger partial charge in [-0.15, -0.1) is 0 Å². The molecule has 132 valence electrons. The number of benzene rings is 1. The monoisotopic (exact) mass is 337 g/mol. The van der Waals surface area contributed by atoms with E-state index in [4.69, 9.17) is 0 Å². The summed E-state index contributed by atoms with van der Waals surface area (Å²) in [6, 6.07) is 6.07. The summed E-state index contributed by atoms with van der Waals surface area (Å²) in [6.45, 7) is 7.39. The van der Waals surface area contributed by atoms with Crippen LogP contribution in [0.25, 0.3) is 11.6 Å². The van der Waals surface area contributed by atoms with Crippen molar-refractivity contribution in [3.8, 4) is 0 Å². The molecule has 0 unspecified atom stereocenters. The van der Waals surface area contributed by atoms with Crippen molar-refractivity contribution in [2.45, 2.75) is 33.6 Å². The molecule has 1 amide bonds. The fourth-order valence-corrected chi connectivity index (χ4v) is 3.50. The van der Waals surface area contributed by atoms with Crippen LogP contribution in [0.1, 0.15) is 40.1 Å². The number of hydrogen-bond acceptors (Lipinski definition) is 2. The van der Waals surface area contributed by atoms with E-state index in [2.05, 4.69) is 49.2 Å². The molecular weight excluding hydrogens is 310 g/mol. The molecule has 2 heterocycles. The molecule has 1 aliphatic rings. The standard InChI is InChI=1S/C21H27N3O/c1-13-8-9-19-17(11-13)18(21(25)23-19)12-20-14(2)16(15(3)22-20)7-6-10-24(4)5/h8-9,11-12,22H,6-7,10H2,1-5H3,(H,23,25)/b18-12-. The van der Waals surface area contributed by atoms with Crippen molar-refractivity contribution < 1.29 is 4.79 Å². The molecule has 0 radical (unpaired) electrons. The van der Waals surface area contributed by atoms with Gasteiger partial charge in [-0.25, -0.2) is 0 Å². The van der Waals surface area contributed by atoms with Crippen molar-refractivity contribution in [3.63, 3.8) is 0 Å². The number of hydrogen-bond donors (Lipinski definition) is 2. The average Bonchev–Trinajstić information content (AvgIpc) is 2.98. The van der Waals surface area contributed by atoms with Crippen LogP contribution in [-0.4, -0.2) is 36.4 Å². The van der Waals surface area contributed by atoms with Crippen LogP contribution >= 0.6 is 0 Å². The summed E-state index contributed by atoms with van der Waals surface area (Å²) in [5.74, 6) is -0.0265. The number of carbonyl (C=O) groups excluding carboxylic acids is 1. The van der Waals surface area contributed by atoms with E-state index in [1.54, 1.807) is 0 Å². The number of H-pyrrole nitrogens is 1. The fourth-order valence-electron chi connectivity index (χ4n) is 3.50. The van der Waals surface area contributed by atoms with Gasteiger partial charge < -0.3 is 15.2 Å². The van der Waals surface area contributed by atoms with Crippen LogP contribution in [0.3, 0.4) is 0 Å². The van der Waals surface area contributed by atoms with Gasteiger partial charge in [0.1, 0.15) is 0 Å². The Balaban J connectivity index is 1.92. The molecule has 0 spiro atoms. The number of amides is 1. The normalized spacial score (nSPS) is 15.1. The third-order valence-corrected chi connectivity index (χ3v) is 4.91. The molecule has 2 N–H and O–H groups in total. The van der Waals surface area contributed by atoms with Crippen LogP contribution < -0.4 is 5.32 Å². The Bertz CT molecular complexity index is 843. The Labute approximate surface area is 149 Å². The molecule has 1 aliphatic heterocycles. The molecule has 1 aromatic carbocycles. The lowest BCUT2D eigenvalue weighted by Crippen LogP contribution is -2.13. The van der Waals surface area contributed by atoms with Gasteiger partial charge in [0.05, 0.1) is 5.57 Å². The van der Waals surface area contributed by atoms with Crippen LogP contribution in [0, 0.1) is 20.8 Å². The summed E-state index contributed by atoms with van der Waals surface area (Å²) in [5, 5.41) is 2.96. The minimum absolute atomic E-state index is 0.0265. The van der Waals surface area contributed by atoms with E-state index in [0.29, 0.717) is 0 Å². The van der Waals surface area contributed by atoms with Crippen molar-refractivity contribution >= 4 is 23.2 Å². The van der Waals surface area contributed by atoms with Gasteiger partial charge in [0.2, 0.25) is 0 Å². The Morgan fingerprint density at radius 2 is 1.92 bits per heavy atom. The van der Waals surface area contributed by atoms with E-state index >= 15 is 0 Å². The molecule has 0 fully saturated rings. The van der Waals surface area contributed by atoms with Gasteiger partial charge in [-0.1, -0.05) is 11.6 Å². The summed E-state index contributed by atoms with van der Waals surface area (Å²) < 4.78 is 0. The summed E-state index contributed by atoms with van der Waals surface area (Å²) in [6.07, 6.45) is 4.18. The van der Waals surface area contributed by atoms with Gasteiger partial charge in [0, 0.05) is 22.6 Å². The highest BCUT2D eigenvalue weighted by atomic mass is 16.2. The SMILES string of the molecule is Cc1ccc2c(c1)/C(=C/c1[nH]c(C)c(CCCN(C)C)c1C)C(=O)N2. The van der Waals surface area contributed by atoms with Crippen LogP contribution in [0.2, 0.25) is 0 Å². The first-order valence-electron chi connectivity index (χ1n) is 8.83. The lowest BCUT2D eigenvalue weighted by atomic mass is 10.0. The molecule has 0 saturated heterocycles. The van der Waals surface area contributed by atoms with E-state index in [0.717, 1.165) is 47.5 Å². The van der Waals surface area contributed by atoms with E-state index in [1.807, 2.05) is 25.1 Å². The molecule has 4 heteroatoms. The Hall–Kier alpha value is -2.33. The van der Waals surface area contributed by atoms with Crippen molar-refractivity contribution in [3.05, 3.63) is 51.8 Å². The first kappa shape index (κ1) is 17.5. The maximum atomic E-state index is 12.4. The predicted octanol–water partition coefficient (Wildman–Crippen LogP) is 3.93. The number of fused-ring (bicyclic) bond motifs is 1. The van der Waals surface area contributed by atoms with Crippen molar-refractivity contribution in [1.29, 1.82) is 0 Å². The number of anilines is 1. The zero-order valence-corrected chi connectivity index (χ0v) is 15.8. The third kappa shape index (κ3) is 3.54. The zero-order valence-electron chi connectivity index (χ0n) is 15.8. The lowest BCUT2D eigenvalue weighted by Gasteiger charge is -2.09. The van der Waals surface area contributed by atoms with E-state index in [1.165, 1.54) is 16.8 Å². The van der Waals surface area contributed by atoms with Gasteiger partial charge in [-0.3, -0.25) is 4.79 Å². The largest absolute Gasteiger partial charge is 0.359 e. The first-order valence-corrected chi connectivity index (χ1v) is 8.83. The van der Waals surface area contributed by atoms with E-state index in [-0.39, 0.29) is 5.91 Å². The highest BCUT2D eigenvalue weighted by Crippen LogP contribution is 2.34. The maximum Gasteiger partial charge on any atom is 0.256 e. The summed E-state index contributed by atoms with van der Waals surface area (Å²) >= 11 is 0. The van der Waals surface area contributed by atoms with Gasteiger partial charge in [0.25, 0.3) is 5.91 Å². The smallest absolute Gasteiger partial charge is 0.256 e. The van der Waals surface area contributed by atoms with Crippen LogP contribution in [0.5, 0.6) is 0 Å². The minimum atomic E-state index is -0.0265. The molecular formula is C21H27N3O. The predicted molar refractivity (Wildman–Crippen MR) is 105 cm³/mol. The summed E-state index contributed by atoms with van der Waals surface area (Å²) in [4.78, 5) is 18.1. The number of nitrogens with one attached hydrogen (secondary N) is 2. The molecule has 0 bridgehead atoms. The Morgan fingerprint density at radius 1 is 1.16 bits per heavy atom. The molecule has 0 saturated carbocycles. The molecule has 0 atom stereocenters. The van der Waals surface area contributed by atoms with E-state index in [9.17, 15) is 4.79 Å². The fraction of sp³-hybridized carbons (Fsp3) is 0.381. The summed E-state index contributed by atoms with van der Waals surface area (Å²) in [5.41, 5.74) is 8.64. The topological polar surface area (TPSA) is 48.1 Å². The third-order valence-electron chi connectivity index (χ3n) is 4.91. The Kier molecular flexibility index (Phi) is 4.82. The molecule has 1 aromatic heterocycles. The van der Waals surface area contributed by atoms with Crippen molar-refractivity contribution in [2.24, 2.45) is 0 Å². The second-order valence-electron chi connectivity index (χ2n) is 7.24. The highest BCUT2D eigenvalue weighted by molar-refractivity contribution is 6.34.